The zero-order chi connectivity index (χ0) is 22.1. The molecule has 0 aliphatic carbocycles. The largest absolute Gasteiger partial charge is 0.440 e. The van der Waals surface area contributed by atoms with Crippen molar-refractivity contribution in [1.82, 2.24) is 0 Å². The Labute approximate surface area is 189 Å². The lowest BCUT2D eigenvalue weighted by molar-refractivity contribution is 0.0734. The Morgan fingerprint density at radius 1 is 1.06 bits per heavy atom. The third-order valence-electron chi connectivity index (χ3n) is 4.97. The van der Waals surface area contributed by atoms with E-state index in [0.717, 1.165) is 11.1 Å². The topological polar surface area (TPSA) is 85.3 Å². The number of hydrogen-bond acceptors (Lipinski definition) is 5. The van der Waals surface area contributed by atoms with Crippen LogP contribution in [0, 0.1) is 18.3 Å². The lowest BCUT2D eigenvalue weighted by Crippen LogP contribution is -2.21. The van der Waals surface area contributed by atoms with Gasteiger partial charge in [-0.15, -0.1) is 0 Å². The second-order valence-corrected chi connectivity index (χ2v) is 7.87. The maximum atomic E-state index is 12.4. The molecule has 154 valence electrons. The van der Waals surface area contributed by atoms with Crippen molar-refractivity contribution in [3.63, 3.8) is 0 Å². The highest BCUT2D eigenvalue weighted by molar-refractivity contribution is 6.42. The molecule has 2 N–H and O–H groups in total. The van der Waals surface area contributed by atoms with Crippen LogP contribution in [-0.4, -0.2) is 5.97 Å². The van der Waals surface area contributed by atoms with Crippen LogP contribution in [0.25, 0.3) is 0 Å². The number of aryl methyl sites for hydroxylation is 1. The van der Waals surface area contributed by atoms with Gasteiger partial charge >= 0.3 is 5.97 Å². The summed E-state index contributed by atoms with van der Waals surface area (Å²) in [7, 11) is 0. The molecule has 0 bridgehead atoms. The molecule has 0 spiro atoms. The molecule has 1 aliphatic heterocycles. The first-order valence-electron chi connectivity index (χ1n) is 9.32. The molecule has 0 radical (unpaired) electrons. The van der Waals surface area contributed by atoms with Gasteiger partial charge in [-0.25, -0.2) is 4.79 Å². The van der Waals surface area contributed by atoms with Crippen molar-refractivity contribution in [1.29, 1.82) is 5.26 Å². The molecular formula is C24H16Cl2N2O3. The summed E-state index contributed by atoms with van der Waals surface area (Å²) in [6, 6.07) is 19.3. The van der Waals surface area contributed by atoms with Crippen LogP contribution in [-0.2, 0) is 0 Å². The lowest BCUT2D eigenvalue weighted by atomic mass is 9.83. The Kier molecular flexibility index (Phi) is 5.60. The number of allylic oxidation sites excluding steroid dienone is 1. The van der Waals surface area contributed by atoms with Crippen molar-refractivity contribution in [3.8, 4) is 17.6 Å². The first kappa shape index (κ1) is 20.8. The van der Waals surface area contributed by atoms with Crippen LogP contribution < -0.4 is 15.2 Å². The van der Waals surface area contributed by atoms with Crippen LogP contribution in [0.15, 0.2) is 72.1 Å². The molecule has 1 aliphatic rings. The Balaban J connectivity index is 1.70. The normalized spacial score (nSPS) is 15.0. The number of carbonyl (C=O) groups is 1. The maximum Gasteiger partial charge on any atom is 0.343 e. The van der Waals surface area contributed by atoms with Crippen molar-refractivity contribution in [2.45, 2.75) is 12.8 Å². The molecule has 3 aromatic carbocycles. The predicted molar refractivity (Wildman–Crippen MR) is 118 cm³/mol. The quantitative estimate of drug-likeness (QED) is 0.406. The maximum absolute atomic E-state index is 12.4. The van der Waals surface area contributed by atoms with Crippen LogP contribution >= 0.6 is 23.2 Å². The van der Waals surface area contributed by atoms with Gasteiger partial charge in [0.2, 0.25) is 5.88 Å². The van der Waals surface area contributed by atoms with Crippen molar-refractivity contribution in [2.24, 2.45) is 5.73 Å². The summed E-state index contributed by atoms with van der Waals surface area (Å²) in [4.78, 5) is 12.4. The van der Waals surface area contributed by atoms with E-state index in [0.29, 0.717) is 32.7 Å². The van der Waals surface area contributed by atoms with E-state index in [2.05, 4.69) is 6.07 Å². The SMILES string of the molecule is Cc1ccc(C(=O)Oc2ccc3c(c2)OC(N)=C(C#N)C3c2ccc(Cl)c(Cl)c2)cc1. The molecule has 7 heteroatoms. The predicted octanol–water partition coefficient (Wildman–Crippen LogP) is 5.74. The van der Waals surface area contributed by atoms with Gasteiger partial charge in [-0.1, -0.05) is 53.0 Å². The highest BCUT2D eigenvalue weighted by Gasteiger charge is 2.31. The number of ether oxygens (including phenoxy) is 2. The molecule has 0 amide bonds. The molecule has 0 fully saturated rings. The van der Waals surface area contributed by atoms with E-state index >= 15 is 0 Å². The van der Waals surface area contributed by atoms with Gasteiger partial charge in [-0.05, 0) is 42.8 Å². The third-order valence-corrected chi connectivity index (χ3v) is 5.70. The fourth-order valence-electron chi connectivity index (χ4n) is 3.39. The molecular weight excluding hydrogens is 435 g/mol. The molecule has 0 saturated heterocycles. The number of benzene rings is 3. The van der Waals surface area contributed by atoms with Crippen molar-refractivity contribution in [2.75, 3.05) is 0 Å². The summed E-state index contributed by atoms with van der Waals surface area (Å²) in [5, 5.41) is 10.4. The average Bonchev–Trinajstić information content (AvgIpc) is 2.75. The van der Waals surface area contributed by atoms with E-state index in [9.17, 15) is 10.1 Å². The standard InChI is InChI=1S/C24H16Cl2N2O3/c1-13-2-4-14(5-3-13)24(29)30-16-7-8-17-21(11-16)31-23(28)18(12-27)22(17)15-6-9-19(25)20(26)10-15/h2-11,22H,28H2,1H3. The molecule has 31 heavy (non-hydrogen) atoms. The number of rotatable bonds is 3. The first-order chi connectivity index (χ1) is 14.9. The summed E-state index contributed by atoms with van der Waals surface area (Å²) in [6.45, 7) is 1.94. The van der Waals surface area contributed by atoms with Crippen molar-refractivity contribution >= 4 is 29.2 Å². The zero-order valence-electron chi connectivity index (χ0n) is 16.4. The molecule has 1 unspecified atom stereocenters. The fraction of sp³-hybridized carbons (Fsp3) is 0.0833. The number of esters is 1. The number of nitrogens with two attached hydrogens (primary N) is 1. The van der Waals surface area contributed by atoms with Gasteiger partial charge < -0.3 is 15.2 Å². The number of halogens is 2. The summed E-state index contributed by atoms with van der Waals surface area (Å²) in [5.41, 5.74) is 9.20. The van der Waals surface area contributed by atoms with Crippen molar-refractivity contribution < 1.29 is 14.3 Å². The van der Waals surface area contributed by atoms with E-state index in [-0.39, 0.29) is 11.5 Å². The Morgan fingerprint density at radius 2 is 1.81 bits per heavy atom. The fourth-order valence-corrected chi connectivity index (χ4v) is 3.70. The van der Waals surface area contributed by atoms with E-state index in [1.807, 2.05) is 19.1 Å². The molecule has 3 aromatic rings. The summed E-state index contributed by atoms with van der Waals surface area (Å²) in [5.74, 6) is -0.316. The van der Waals surface area contributed by atoms with Gasteiger partial charge in [0.25, 0.3) is 0 Å². The van der Waals surface area contributed by atoms with E-state index in [1.54, 1.807) is 48.5 Å². The van der Waals surface area contributed by atoms with Crippen LogP contribution in [0.2, 0.25) is 10.0 Å². The van der Waals surface area contributed by atoms with E-state index in [4.69, 9.17) is 38.4 Å². The number of nitriles is 1. The van der Waals surface area contributed by atoms with Crippen molar-refractivity contribution in [3.05, 3.63) is 104 Å². The van der Waals surface area contributed by atoms with Gasteiger partial charge in [0.15, 0.2) is 0 Å². The second-order valence-electron chi connectivity index (χ2n) is 7.05. The molecule has 5 nitrogen and oxygen atoms in total. The highest BCUT2D eigenvalue weighted by Crippen LogP contribution is 2.44. The first-order valence-corrected chi connectivity index (χ1v) is 10.1. The smallest absolute Gasteiger partial charge is 0.343 e. The molecule has 0 saturated carbocycles. The summed E-state index contributed by atoms with van der Waals surface area (Å²) < 4.78 is 11.2. The van der Waals surface area contributed by atoms with E-state index in [1.165, 1.54) is 0 Å². The Morgan fingerprint density at radius 3 is 2.48 bits per heavy atom. The highest BCUT2D eigenvalue weighted by atomic mass is 35.5. The van der Waals surface area contributed by atoms with Crippen LogP contribution in [0.1, 0.15) is 33.0 Å². The Hall–Kier alpha value is -3.46. The minimum Gasteiger partial charge on any atom is -0.440 e. The minimum atomic E-state index is -0.495. The lowest BCUT2D eigenvalue weighted by Gasteiger charge is -2.27. The Bertz CT molecular complexity index is 1260. The summed E-state index contributed by atoms with van der Waals surface area (Å²) in [6.07, 6.45) is 0. The van der Waals surface area contributed by atoms with Crippen LogP contribution in [0.5, 0.6) is 11.5 Å². The molecule has 4 rings (SSSR count). The number of carbonyl (C=O) groups excluding carboxylic acids is 1. The van der Waals surface area contributed by atoms with Crippen LogP contribution in [0.3, 0.4) is 0 Å². The number of hydrogen-bond donors (Lipinski definition) is 1. The number of nitrogens with zero attached hydrogens (tertiary/aromatic N) is 1. The van der Waals surface area contributed by atoms with Crippen LogP contribution in [0.4, 0.5) is 0 Å². The monoisotopic (exact) mass is 450 g/mol. The molecule has 1 heterocycles. The van der Waals surface area contributed by atoms with Gasteiger partial charge in [0.05, 0.1) is 21.5 Å². The van der Waals surface area contributed by atoms with E-state index < -0.39 is 11.9 Å². The third kappa shape index (κ3) is 4.09. The second kappa shape index (κ2) is 8.35. The minimum absolute atomic E-state index is 0.0203. The van der Waals surface area contributed by atoms with Gasteiger partial charge in [-0.2, -0.15) is 5.26 Å². The molecule has 0 aromatic heterocycles. The number of fused-ring (bicyclic) bond motifs is 1. The molecule has 1 atom stereocenters. The average molecular weight is 451 g/mol. The van der Waals surface area contributed by atoms with Gasteiger partial charge in [0, 0.05) is 11.6 Å². The zero-order valence-corrected chi connectivity index (χ0v) is 17.9. The van der Waals surface area contributed by atoms with Gasteiger partial charge in [-0.3, -0.25) is 0 Å². The van der Waals surface area contributed by atoms with Gasteiger partial charge in [0.1, 0.15) is 23.1 Å². The summed E-state index contributed by atoms with van der Waals surface area (Å²) >= 11 is 12.2.